The third kappa shape index (κ3) is 5.46. The maximum atomic E-state index is 12.3. The van der Waals surface area contributed by atoms with Crippen molar-refractivity contribution in [2.45, 2.75) is 6.10 Å². The summed E-state index contributed by atoms with van der Waals surface area (Å²) in [6, 6.07) is 4.43. The van der Waals surface area contributed by atoms with E-state index in [0.717, 1.165) is 0 Å². The van der Waals surface area contributed by atoms with Crippen molar-refractivity contribution < 1.29 is 28.9 Å². The van der Waals surface area contributed by atoms with Gasteiger partial charge in [0.15, 0.2) is 0 Å². The number of carboxylic acid groups (broad SMARTS) is 1. The van der Waals surface area contributed by atoms with E-state index in [2.05, 4.69) is 5.32 Å². The average Bonchev–Trinajstić information content (AvgIpc) is 2.52. The molecule has 0 unspecified atom stereocenters. The Hall–Kier alpha value is -1.56. The third-order valence-corrected chi connectivity index (χ3v) is 3.87. The van der Waals surface area contributed by atoms with Crippen molar-refractivity contribution in [2.75, 3.05) is 51.4 Å². The van der Waals surface area contributed by atoms with Crippen LogP contribution in [0.15, 0.2) is 18.2 Å². The molecule has 1 aromatic carbocycles. The zero-order valence-electron chi connectivity index (χ0n) is 13.2. The van der Waals surface area contributed by atoms with E-state index in [1.165, 1.54) is 12.1 Å². The van der Waals surface area contributed by atoms with Gasteiger partial charge in [-0.05, 0) is 18.2 Å². The molecule has 0 aromatic heterocycles. The van der Waals surface area contributed by atoms with Crippen LogP contribution in [0.4, 0.5) is 5.69 Å². The van der Waals surface area contributed by atoms with Gasteiger partial charge in [0.05, 0.1) is 44.2 Å². The number of benzene rings is 1. The standard InChI is InChI=1S/C16H20N2O6.Li.H/c19-15(8-18-3-5-22-6-4-18)17-13-7-11(16(20)21)1-2-14(13)24-12-9-23-10-12;;/h1-2,7,12H,3-6,8-10H2,(H,17,19)(H,20,21);;. The molecule has 3 rings (SSSR count). The quantitative estimate of drug-likeness (QED) is 0.689. The Labute approximate surface area is 157 Å². The Morgan fingerprint density at radius 1 is 1.24 bits per heavy atom. The molecular formula is C16H21LiN2O6. The number of nitrogens with zero attached hydrogens (tertiary/aromatic N) is 1. The first-order valence-corrected chi connectivity index (χ1v) is 7.83. The SMILES string of the molecule is O=C(CN1CCOCC1)Nc1cc(C(=O)O)ccc1OC1COC1.[LiH]. The molecule has 0 radical (unpaired) electrons. The molecule has 2 aliphatic rings. The van der Waals surface area contributed by atoms with Crippen LogP contribution in [-0.4, -0.2) is 92.9 Å². The second-order valence-corrected chi connectivity index (χ2v) is 5.73. The molecule has 132 valence electrons. The van der Waals surface area contributed by atoms with Gasteiger partial charge in [-0.2, -0.15) is 0 Å². The molecule has 2 N–H and O–H groups in total. The van der Waals surface area contributed by atoms with E-state index in [0.29, 0.717) is 51.0 Å². The van der Waals surface area contributed by atoms with Crippen LogP contribution in [0, 0.1) is 0 Å². The average molecular weight is 344 g/mol. The molecule has 0 aliphatic carbocycles. The van der Waals surface area contributed by atoms with Crippen LogP contribution in [-0.2, 0) is 14.3 Å². The number of nitrogens with one attached hydrogen (secondary N) is 1. The Morgan fingerprint density at radius 3 is 2.56 bits per heavy atom. The minimum atomic E-state index is -1.06. The molecule has 2 fully saturated rings. The normalized spacial score (nSPS) is 17.9. The fraction of sp³-hybridized carbons (Fsp3) is 0.500. The summed E-state index contributed by atoms with van der Waals surface area (Å²) >= 11 is 0. The molecule has 2 heterocycles. The van der Waals surface area contributed by atoms with Crippen molar-refractivity contribution in [2.24, 2.45) is 0 Å². The number of anilines is 1. The first-order chi connectivity index (χ1) is 11.6. The molecule has 0 saturated carbocycles. The number of carboxylic acids is 1. The van der Waals surface area contributed by atoms with Gasteiger partial charge in [0.25, 0.3) is 0 Å². The van der Waals surface area contributed by atoms with Gasteiger partial charge in [0.1, 0.15) is 11.9 Å². The fourth-order valence-corrected chi connectivity index (χ4v) is 2.48. The summed E-state index contributed by atoms with van der Waals surface area (Å²) in [6.45, 7) is 3.82. The molecule has 1 amide bonds. The second kappa shape index (κ2) is 9.22. The van der Waals surface area contributed by atoms with Gasteiger partial charge in [-0.3, -0.25) is 9.69 Å². The van der Waals surface area contributed by atoms with E-state index in [-0.39, 0.29) is 43.0 Å². The van der Waals surface area contributed by atoms with Crippen LogP contribution >= 0.6 is 0 Å². The summed E-state index contributed by atoms with van der Waals surface area (Å²) < 4.78 is 16.1. The van der Waals surface area contributed by atoms with Gasteiger partial charge in [-0.15, -0.1) is 0 Å². The number of aromatic carboxylic acids is 1. The van der Waals surface area contributed by atoms with Crippen LogP contribution in [0.1, 0.15) is 10.4 Å². The molecule has 1 aromatic rings. The molecular weight excluding hydrogens is 323 g/mol. The molecule has 2 aliphatic heterocycles. The van der Waals surface area contributed by atoms with Gasteiger partial charge in [-0.25, -0.2) is 4.79 Å². The molecule has 9 heteroatoms. The summed E-state index contributed by atoms with van der Waals surface area (Å²) in [5, 5.41) is 11.9. The van der Waals surface area contributed by atoms with Crippen LogP contribution in [0.3, 0.4) is 0 Å². The van der Waals surface area contributed by atoms with Gasteiger partial charge < -0.3 is 24.6 Å². The number of morpholine rings is 1. The Balaban J connectivity index is 0.00000225. The van der Waals surface area contributed by atoms with E-state index in [1.54, 1.807) is 6.07 Å². The zero-order valence-corrected chi connectivity index (χ0v) is 13.2. The predicted octanol–water partition coefficient (Wildman–Crippen LogP) is -0.215. The number of rotatable bonds is 6. The van der Waals surface area contributed by atoms with Crippen LogP contribution in [0.2, 0.25) is 0 Å². The summed E-state index contributed by atoms with van der Waals surface area (Å²) in [7, 11) is 0. The summed E-state index contributed by atoms with van der Waals surface area (Å²) in [4.78, 5) is 25.4. The van der Waals surface area contributed by atoms with Crippen molar-refractivity contribution in [3.8, 4) is 5.75 Å². The second-order valence-electron chi connectivity index (χ2n) is 5.73. The number of hydrogen-bond donors (Lipinski definition) is 2. The molecule has 0 atom stereocenters. The van der Waals surface area contributed by atoms with E-state index in [9.17, 15) is 9.59 Å². The van der Waals surface area contributed by atoms with E-state index >= 15 is 0 Å². The van der Waals surface area contributed by atoms with Gasteiger partial charge >= 0.3 is 24.8 Å². The van der Waals surface area contributed by atoms with Crippen LogP contribution in [0.5, 0.6) is 5.75 Å². The number of ether oxygens (including phenoxy) is 3. The van der Waals surface area contributed by atoms with Crippen molar-refractivity contribution in [3.63, 3.8) is 0 Å². The topological polar surface area (TPSA) is 97.3 Å². The third-order valence-electron chi connectivity index (χ3n) is 3.87. The number of hydrogen-bond acceptors (Lipinski definition) is 6. The van der Waals surface area contributed by atoms with E-state index in [1.807, 2.05) is 4.90 Å². The minimum absolute atomic E-state index is 0. The number of amides is 1. The Kier molecular flexibility index (Phi) is 7.29. The van der Waals surface area contributed by atoms with Gasteiger partial charge in [0, 0.05) is 13.1 Å². The molecule has 0 spiro atoms. The van der Waals surface area contributed by atoms with Crippen LogP contribution in [0.25, 0.3) is 0 Å². The number of carbonyl (C=O) groups excluding carboxylic acids is 1. The van der Waals surface area contributed by atoms with E-state index in [4.69, 9.17) is 19.3 Å². The Bertz CT molecular complexity index is 617. The Morgan fingerprint density at radius 2 is 1.96 bits per heavy atom. The van der Waals surface area contributed by atoms with Gasteiger partial charge in [-0.1, -0.05) is 0 Å². The van der Waals surface area contributed by atoms with Gasteiger partial charge in [0.2, 0.25) is 5.91 Å². The molecule has 8 nitrogen and oxygen atoms in total. The van der Waals surface area contributed by atoms with Crippen molar-refractivity contribution in [3.05, 3.63) is 23.8 Å². The summed E-state index contributed by atoms with van der Waals surface area (Å²) in [6.07, 6.45) is -0.0735. The molecule has 2 saturated heterocycles. The molecule has 25 heavy (non-hydrogen) atoms. The first kappa shape index (κ1) is 19.8. The van der Waals surface area contributed by atoms with Crippen molar-refractivity contribution in [1.29, 1.82) is 0 Å². The zero-order chi connectivity index (χ0) is 16.9. The first-order valence-electron chi connectivity index (χ1n) is 7.83. The van der Waals surface area contributed by atoms with Crippen LogP contribution < -0.4 is 10.1 Å². The predicted molar refractivity (Wildman–Crippen MR) is 91.7 cm³/mol. The van der Waals surface area contributed by atoms with Crippen molar-refractivity contribution in [1.82, 2.24) is 4.90 Å². The number of carbonyl (C=O) groups is 2. The summed E-state index contributed by atoms with van der Waals surface area (Å²) in [5.74, 6) is -0.824. The van der Waals surface area contributed by atoms with Crippen molar-refractivity contribution >= 4 is 36.4 Å². The summed E-state index contributed by atoms with van der Waals surface area (Å²) in [5.41, 5.74) is 0.453. The monoisotopic (exact) mass is 344 g/mol. The maximum absolute atomic E-state index is 12.3. The van der Waals surface area contributed by atoms with E-state index < -0.39 is 5.97 Å². The fourth-order valence-electron chi connectivity index (χ4n) is 2.48. The molecule has 0 bridgehead atoms.